The maximum Gasteiger partial charge on any atom is 0.407 e. The topological polar surface area (TPSA) is 76.7 Å². The van der Waals surface area contributed by atoms with Gasteiger partial charge in [-0.1, -0.05) is 12.7 Å². The van der Waals surface area contributed by atoms with Crippen molar-refractivity contribution < 1.29 is 19.1 Å². The van der Waals surface area contributed by atoms with Crippen LogP contribution in [0.2, 0.25) is 0 Å². The highest BCUT2D eigenvalue weighted by Gasteiger charge is 2.00. The molecule has 0 saturated heterocycles. The van der Waals surface area contributed by atoms with Crippen LogP contribution < -0.4 is 10.6 Å². The Hall–Kier alpha value is -1.56. The van der Waals surface area contributed by atoms with Crippen molar-refractivity contribution in [2.24, 2.45) is 0 Å². The Bertz CT molecular complexity index is 244. The average Bonchev–Trinajstić information content (AvgIpc) is 2.31. The van der Waals surface area contributed by atoms with Crippen molar-refractivity contribution >= 4 is 12.0 Å². The van der Waals surface area contributed by atoms with Gasteiger partial charge in [0.2, 0.25) is 5.91 Å². The SMILES string of the molecule is C=CCOC(=O)NCCCCNC(=O)COC. The molecule has 0 aromatic rings. The lowest BCUT2D eigenvalue weighted by Gasteiger charge is -2.06. The Kier molecular flexibility index (Phi) is 9.94. The van der Waals surface area contributed by atoms with Crippen LogP contribution in [-0.4, -0.2) is 45.4 Å². The molecule has 0 unspecified atom stereocenters. The Morgan fingerprint density at radius 3 is 2.47 bits per heavy atom. The molecule has 0 aromatic carbocycles. The number of carbonyl (C=O) groups is 2. The highest BCUT2D eigenvalue weighted by molar-refractivity contribution is 5.77. The molecule has 0 atom stereocenters. The van der Waals surface area contributed by atoms with Gasteiger partial charge in [0, 0.05) is 20.2 Å². The third-order valence-electron chi connectivity index (χ3n) is 1.80. The fraction of sp³-hybridized carbons (Fsp3) is 0.636. The first-order valence-electron chi connectivity index (χ1n) is 5.48. The predicted octanol–water partition coefficient (Wildman–Crippen LogP) is 0.441. The van der Waals surface area contributed by atoms with Crippen LogP contribution in [0.1, 0.15) is 12.8 Å². The summed E-state index contributed by atoms with van der Waals surface area (Å²) < 4.78 is 9.37. The molecule has 0 rings (SSSR count). The molecule has 98 valence electrons. The van der Waals surface area contributed by atoms with E-state index in [0.29, 0.717) is 13.1 Å². The lowest BCUT2D eigenvalue weighted by molar-refractivity contribution is -0.124. The van der Waals surface area contributed by atoms with Crippen LogP contribution in [0.15, 0.2) is 12.7 Å². The van der Waals surface area contributed by atoms with Gasteiger partial charge in [-0.25, -0.2) is 4.79 Å². The van der Waals surface area contributed by atoms with Gasteiger partial charge in [-0.3, -0.25) is 4.79 Å². The molecule has 0 aliphatic carbocycles. The molecule has 6 nitrogen and oxygen atoms in total. The summed E-state index contributed by atoms with van der Waals surface area (Å²) in [5.74, 6) is -0.133. The van der Waals surface area contributed by atoms with E-state index in [1.807, 2.05) is 0 Å². The number of rotatable bonds is 9. The van der Waals surface area contributed by atoms with Gasteiger partial charge >= 0.3 is 6.09 Å². The number of unbranched alkanes of at least 4 members (excludes halogenated alkanes) is 1. The smallest absolute Gasteiger partial charge is 0.407 e. The minimum Gasteiger partial charge on any atom is -0.445 e. The first-order valence-corrected chi connectivity index (χ1v) is 5.48. The third kappa shape index (κ3) is 10.7. The van der Waals surface area contributed by atoms with E-state index in [9.17, 15) is 9.59 Å². The number of methoxy groups -OCH3 is 1. The molecule has 0 heterocycles. The quantitative estimate of drug-likeness (QED) is 0.456. The van der Waals surface area contributed by atoms with E-state index in [4.69, 9.17) is 4.74 Å². The second kappa shape index (κ2) is 10.9. The maximum absolute atomic E-state index is 11.0. The monoisotopic (exact) mass is 244 g/mol. The molecular weight excluding hydrogens is 224 g/mol. The zero-order valence-electron chi connectivity index (χ0n) is 10.2. The van der Waals surface area contributed by atoms with Crippen molar-refractivity contribution in [1.29, 1.82) is 0 Å². The van der Waals surface area contributed by atoms with Crippen molar-refractivity contribution in [3.63, 3.8) is 0 Å². The molecule has 0 saturated carbocycles. The van der Waals surface area contributed by atoms with Crippen molar-refractivity contribution in [2.45, 2.75) is 12.8 Å². The van der Waals surface area contributed by atoms with E-state index >= 15 is 0 Å². The second-order valence-electron chi connectivity index (χ2n) is 3.30. The average molecular weight is 244 g/mol. The van der Waals surface area contributed by atoms with Crippen molar-refractivity contribution in [3.05, 3.63) is 12.7 Å². The van der Waals surface area contributed by atoms with Gasteiger partial charge in [-0.15, -0.1) is 0 Å². The molecule has 2 amide bonds. The Morgan fingerprint density at radius 2 is 1.88 bits per heavy atom. The molecule has 0 fully saturated rings. The van der Waals surface area contributed by atoms with Crippen LogP contribution in [0.4, 0.5) is 4.79 Å². The van der Waals surface area contributed by atoms with Gasteiger partial charge in [0.25, 0.3) is 0 Å². The summed E-state index contributed by atoms with van der Waals surface area (Å²) in [5.41, 5.74) is 0. The summed E-state index contributed by atoms with van der Waals surface area (Å²) in [6.07, 6.45) is 2.62. The molecular formula is C11H20N2O4. The van der Waals surface area contributed by atoms with Gasteiger partial charge in [0.1, 0.15) is 13.2 Å². The van der Waals surface area contributed by atoms with E-state index in [2.05, 4.69) is 21.9 Å². The van der Waals surface area contributed by atoms with E-state index in [1.54, 1.807) is 0 Å². The molecule has 0 radical (unpaired) electrons. The first-order chi connectivity index (χ1) is 8.20. The van der Waals surface area contributed by atoms with Crippen LogP contribution in [0, 0.1) is 0 Å². The summed E-state index contributed by atoms with van der Waals surface area (Å²) in [6, 6.07) is 0. The molecule has 0 aromatic heterocycles. The number of nitrogens with one attached hydrogen (secondary N) is 2. The molecule has 17 heavy (non-hydrogen) atoms. The van der Waals surface area contributed by atoms with Gasteiger partial charge in [-0.05, 0) is 12.8 Å². The van der Waals surface area contributed by atoms with Crippen molar-refractivity contribution in [1.82, 2.24) is 10.6 Å². The van der Waals surface area contributed by atoms with Crippen LogP contribution in [-0.2, 0) is 14.3 Å². The number of amides is 2. The number of hydrogen-bond donors (Lipinski definition) is 2. The largest absolute Gasteiger partial charge is 0.445 e. The molecule has 0 aliphatic heterocycles. The standard InChI is InChI=1S/C11H20N2O4/c1-3-8-17-11(15)13-7-5-4-6-12-10(14)9-16-2/h3H,1,4-9H2,2H3,(H,12,14)(H,13,15). The van der Waals surface area contributed by atoms with Crippen LogP contribution in [0.3, 0.4) is 0 Å². The van der Waals surface area contributed by atoms with E-state index in [0.717, 1.165) is 12.8 Å². The van der Waals surface area contributed by atoms with E-state index in [-0.39, 0.29) is 19.1 Å². The summed E-state index contributed by atoms with van der Waals surface area (Å²) in [5, 5.41) is 5.27. The number of carbonyl (C=O) groups excluding carboxylic acids is 2. The van der Waals surface area contributed by atoms with Crippen molar-refractivity contribution in [2.75, 3.05) is 33.4 Å². The maximum atomic E-state index is 11.0. The fourth-order valence-corrected chi connectivity index (χ4v) is 1.04. The third-order valence-corrected chi connectivity index (χ3v) is 1.80. The minimum absolute atomic E-state index is 0.0755. The van der Waals surface area contributed by atoms with Gasteiger partial charge in [-0.2, -0.15) is 0 Å². The number of hydrogen-bond acceptors (Lipinski definition) is 4. The first kappa shape index (κ1) is 15.4. The molecule has 0 spiro atoms. The molecule has 6 heteroatoms. The predicted molar refractivity (Wildman–Crippen MR) is 63.7 cm³/mol. The second-order valence-corrected chi connectivity index (χ2v) is 3.30. The van der Waals surface area contributed by atoms with E-state index < -0.39 is 6.09 Å². The van der Waals surface area contributed by atoms with Gasteiger partial charge in [0.15, 0.2) is 0 Å². The lowest BCUT2D eigenvalue weighted by Crippen LogP contribution is -2.29. The number of alkyl carbamates (subject to hydrolysis) is 1. The zero-order valence-corrected chi connectivity index (χ0v) is 10.2. The molecule has 2 N–H and O–H groups in total. The number of ether oxygens (including phenoxy) is 2. The van der Waals surface area contributed by atoms with Gasteiger partial charge in [0.05, 0.1) is 0 Å². The zero-order chi connectivity index (χ0) is 12.9. The normalized spacial score (nSPS) is 9.47. The Labute approximate surface area is 101 Å². The van der Waals surface area contributed by atoms with E-state index in [1.165, 1.54) is 13.2 Å². The van der Waals surface area contributed by atoms with Crippen LogP contribution in [0.25, 0.3) is 0 Å². The summed E-state index contributed by atoms with van der Waals surface area (Å²) in [6.45, 7) is 4.81. The van der Waals surface area contributed by atoms with Gasteiger partial charge < -0.3 is 20.1 Å². The lowest BCUT2D eigenvalue weighted by atomic mass is 10.3. The summed E-state index contributed by atoms with van der Waals surface area (Å²) in [4.78, 5) is 21.9. The highest BCUT2D eigenvalue weighted by atomic mass is 16.5. The van der Waals surface area contributed by atoms with Crippen LogP contribution >= 0.6 is 0 Å². The van der Waals surface area contributed by atoms with Crippen LogP contribution in [0.5, 0.6) is 0 Å². The molecule has 0 bridgehead atoms. The molecule has 0 aliphatic rings. The minimum atomic E-state index is -0.451. The Balaban J connectivity index is 3.26. The highest BCUT2D eigenvalue weighted by Crippen LogP contribution is 1.86. The summed E-state index contributed by atoms with van der Waals surface area (Å²) >= 11 is 0. The Morgan fingerprint density at radius 1 is 1.24 bits per heavy atom. The fourth-order valence-electron chi connectivity index (χ4n) is 1.04. The summed E-state index contributed by atoms with van der Waals surface area (Å²) in [7, 11) is 1.47. The van der Waals surface area contributed by atoms with Crippen molar-refractivity contribution in [3.8, 4) is 0 Å².